The maximum absolute atomic E-state index is 11.2. The van der Waals surface area contributed by atoms with Gasteiger partial charge in [0.15, 0.2) is 5.69 Å². The molecule has 5 nitrogen and oxygen atoms in total. The fraction of sp³-hybridized carbons (Fsp3) is 0.786. The maximum atomic E-state index is 11.2. The van der Waals surface area contributed by atoms with E-state index in [1.807, 2.05) is 0 Å². The molecule has 1 rings (SSSR count). The van der Waals surface area contributed by atoms with Crippen LogP contribution in [0.2, 0.25) is 0 Å². The standard InChI is InChI=1S/C14H25N3O2/c1-4-7-8-9-10-17-13(11(5-2)6-3)12(14(18)19)15-16-17/h11H,4-10H2,1-3H3,(H,18,19). The van der Waals surface area contributed by atoms with Gasteiger partial charge in [-0.05, 0) is 19.3 Å². The van der Waals surface area contributed by atoms with Crippen molar-refractivity contribution >= 4 is 5.97 Å². The smallest absolute Gasteiger partial charge is 0.358 e. The predicted octanol–water partition coefficient (Wildman–Crippen LogP) is 3.46. The van der Waals surface area contributed by atoms with E-state index in [1.165, 1.54) is 12.8 Å². The molecule has 0 atom stereocenters. The van der Waals surface area contributed by atoms with Crippen LogP contribution < -0.4 is 0 Å². The van der Waals surface area contributed by atoms with Crippen molar-refractivity contribution in [2.45, 2.75) is 71.8 Å². The fourth-order valence-electron chi connectivity index (χ4n) is 2.41. The Morgan fingerprint density at radius 3 is 2.42 bits per heavy atom. The molecule has 0 spiro atoms. The van der Waals surface area contributed by atoms with Gasteiger partial charge in [-0.25, -0.2) is 9.48 Å². The maximum Gasteiger partial charge on any atom is 0.358 e. The minimum Gasteiger partial charge on any atom is -0.476 e. The number of rotatable bonds is 9. The van der Waals surface area contributed by atoms with Crippen LogP contribution in [0, 0.1) is 0 Å². The Kier molecular flexibility index (Phi) is 6.53. The Morgan fingerprint density at radius 2 is 1.89 bits per heavy atom. The van der Waals surface area contributed by atoms with E-state index < -0.39 is 5.97 Å². The second-order valence-corrected chi connectivity index (χ2v) is 4.93. The number of aryl methyl sites for hydroxylation is 1. The number of hydrogen-bond acceptors (Lipinski definition) is 3. The third-order valence-electron chi connectivity index (χ3n) is 3.57. The molecule has 0 saturated carbocycles. The van der Waals surface area contributed by atoms with E-state index in [0.717, 1.165) is 37.9 Å². The molecule has 108 valence electrons. The zero-order valence-corrected chi connectivity index (χ0v) is 12.2. The molecule has 1 N–H and O–H groups in total. The van der Waals surface area contributed by atoms with E-state index in [2.05, 4.69) is 31.1 Å². The molecular weight excluding hydrogens is 242 g/mol. The van der Waals surface area contributed by atoms with Gasteiger partial charge in [0, 0.05) is 12.5 Å². The van der Waals surface area contributed by atoms with E-state index in [-0.39, 0.29) is 11.6 Å². The summed E-state index contributed by atoms with van der Waals surface area (Å²) >= 11 is 0. The van der Waals surface area contributed by atoms with Crippen molar-refractivity contribution in [2.75, 3.05) is 0 Å². The van der Waals surface area contributed by atoms with Gasteiger partial charge in [0.05, 0.1) is 5.69 Å². The molecule has 0 aliphatic heterocycles. The van der Waals surface area contributed by atoms with E-state index in [4.69, 9.17) is 0 Å². The Labute approximate surface area is 115 Å². The molecule has 5 heteroatoms. The highest BCUT2D eigenvalue weighted by atomic mass is 16.4. The molecule has 19 heavy (non-hydrogen) atoms. The summed E-state index contributed by atoms with van der Waals surface area (Å²) in [5.41, 5.74) is 0.929. The molecule has 0 aromatic carbocycles. The summed E-state index contributed by atoms with van der Waals surface area (Å²) in [4.78, 5) is 11.2. The van der Waals surface area contributed by atoms with Gasteiger partial charge in [-0.3, -0.25) is 0 Å². The zero-order valence-electron chi connectivity index (χ0n) is 12.2. The van der Waals surface area contributed by atoms with Crippen LogP contribution in [0.4, 0.5) is 0 Å². The summed E-state index contributed by atoms with van der Waals surface area (Å²) in [6, 6.07) is 0. The van der Waals surface area contributed by atoms with Gasteiger partial charge >= 0.3 is 5.97 Å². The molecular formula is C14H25N3O2. The van der Waals surface area contributed by atoms with Crippen LogP contribution in [0.15, 0.2) is 0 Å². The second kappa shape index (κ2) is 7.92. The first-order valence-corrected chi connectivity index (χ1v) is 7.32. The van der Waals surface area contributed by atoms with Crippen molar-refractivity contribution in [2.24, 2.45) is 0 Å². The SMILES string of the molecule is CCCCCCn1nnc(C(=O)O)c1C(CC)CC. The van der Waals surface area contributed by atoms with E-state index in [9.17, 15) is 9.90 Å². The lowest BCUT2D eigenvalue weighted by Crippen LogP contribution is -2.12. The van der Waals surface area contributed by atoms with Crippen LogP contribution >= 0.6 is 0 Å². The van der Waals surface area contributed by atoms with E-state index in [0.29, 0.717) is 0 Å². The molecule has 1 heterocycles. The first-order valence-electron chi connectivity index (χ1n) is 7.32. The first kappa shape index (κ1) is 15.7. The average molecular weight is 267 g/mol. The Bertz CT molecular complexity index is 397. The summed E-state index contributed by atoms with van der Waals surface area (Å²) in [7, 11) is 0. The largest absolute Gasteiger partial charge is 0.476 e. The van der Waals surface area contributed by atoms with Crippen LogP contribution in [-0.4, -0.2) is 26.1 Å². The topological polar surface area (TPSA) is 68.0 Å². The highest BCUT2D eigenvalue weighted by Gasteiger charge is 2.24. The quantitative estimate of drug-likeness (QED) is 0.696. The van der Waals surface area contributed by atoms with Crippen molar-refractivity contribution in [3.05, 3.63) is 11.4 Å². The van der Waals surface area contributed by atoms with Crippen LogP contribution in [0.1, 0.15) is 81.4 Å². The average Bonchev–Trinajstić information content (AvgIpc) is 2.81. The van der Waals surface area contributed by atoms with Crippen molar-refractivity contribution in [1.82, 2.24) is 15.0 Å². The third kappa shape index (κ3) is 4.04. The van der Waals surface area contributed by atoms with Crippen molar-refractivity contribution in [3.8, 4) is 0 Å². The molecule has 0 aliphatic carbocycles. The Balaban J connectivity index is 2.87. The predicted molar refractivity (Wildman–Crippen MR) is 74.4 cm³/mol. The lowest BCUT2D eigenvalue weighted by molar-refractivity contribution is 0.0688. The van der Waals surface area contributed by atoms with Gasteiger partial charge in [-0.2, -0.15) is 0 Å². The minimum atomic E-state index is -0.971. The van der Waals surface area contributed by atoms with Crippen LogP contribution in [0.5, 0.6) is 0 Å². The van der Waals surface area contributed by atoms with Crippen molar-refractivity contribution in [3.63, 3.8) is 0 Å². The number of aromatic nitrogens is 3. The molecule has 0 fully saturated rings. The van der Waals surface area contributed by atoms with Crippen LogP contribution in [0.25, 0.3) is 0 Å². The Hall–Kier alpha value is -1.39. The first-order chi connectivity index (χ1) is 9.15. The molecule has 0 saturated heterocycles. The van der Waals surface area contributed by atoms with Crippen molar-refractivity contribution in [1.29, 1.82) is 0 Å². The number of carboxylic acid groups (broad SMARTS) is 1. The number of nitrogens with zero attached hydrogens (tertiary/aromatic N) is 3. The lowest BCUT2D eigenvalue weighted by atomic mass is 9.97. The number of unbranched alkanes of at least 4 members (excludes halogenated alkanes) is 3. The molecule has 0 amide bonds. The fourth-order valence-corrected chi connectivity index (χ4v) is 2.41. The van der Waals surface area contributed by atoms with Gasteiger partial charge in [0.1, 0.15) is 0 Å². The lowest BCUT2D eigenvalue weighted by Gasteiger charge is -2.15. The molecule has 1 aromatic rings. The van der Waals surface area contributed by atoms with Gasteiger partial charge in [-0.1, -0.05) is 45.2 Å². The summed E-state index contributed by atoms with van der Waals surface area (Å²) in [6.45, 7) is 7.10. The number of carbonyl (C=O) groups is 1. The van der Waals surface area contributed by atoms with Gasteiger partial charge in [0.25, 0.3) is 0 Å². The third-order valence-corrected chi connectivity index (χ3v) is 3.57. The summed E-state index contributed by atoms with van der Waals surface area (Å²) in [5, 5.41) is 17.1. The zero-order chi connectivity index (χ0) is 14.3. The summed E-state index contributed by atoms with van der Waals surface area (Å²) in [6.07, 6.45) is 6.42. The summed E-state index contributed by atoms with van der Waals surface area (Å²) < 4.78 is 1.80. The summed E-state index contributed by atoms with van der Waals surface area (Å²) in [5.74, 6) is -0.742. The number of aromatic carboxylic acids is 1. The van der Waals surface area contributed by atoms with Gasteiger partial charge in [-0.15, -0.1) is 5.10 Å². The highest BCUT2D eigenvalue weighted by molar-refractivity contribution is 5.86. The minimum absolute atomic E-state index is 0.129. The normalized spacial score (nSPS) is 11.2. The molecule has 0 bridgehead atoms. The monoisotopic (exact) mass is 267 g/mol. The van der Waals surface area contributed by atoms with Crippen LogP contribution in [0.3, 0.4) is 0 Å². The molecule has 1 aromatic heterocycles. The molecule has 0 unspecified atom stereocenters. The number of hydrogen-bond donors (Lipinski definition) is 1. The second-order valence-electron chi connectivity index (χ2n) is 4.93. The van der Waals surface area contributed by atoms with E-state index in [1.54, 1.807) is 4.68 Å². The Morgan fingerprint density at radius 1 is 1.21 bits per heavy atom. The highest BCUT2D eigenvalue weighted by Crippen LogP contribution is 2.25. The van der Waals surface area contributed by atoms with E-state index >= 15 is 0 Å². The van der Waals surface area contributed by atoms with Crippen LogP contribution in [-0.2, 0) is 6.54 Å². The van der Waals surface area contributed by atoms with Gasteiger partial charge in [0.2, 0.25) is 0 Å². The van der Waals surface area contributed by atoms with Gasteiger partial charge < -0.3 is 5.11 Å². The number of carboxylic acids is 1. The van der Waals surface area contributed by atoms with Crippen molar-refractivity contribution < 1.29 is 9.90 Å². The molecule has 0 aliphatic rings. The molecule has 0 radical (unpaired) electrons.